The van der Waals surface area contributed by atoms with Gasteiger partial charge in [-0.25, -0.2) is 9.97 Å². The Kier molecular flexibility index (Phi) is 4.28. The van der Waals surface area contributed by atoms with E-state index in [2.05, 4.69) is 26.4 Å². The Labute approximate surface area is 152 Å². The fourth-order valence-electron chi connectivity index (χ4n) is 3.66. The topological polar surface area (TPSA) is 68.8 Å². The number of nitrogens with zero attached hydrogens (tertiary/aromatic N) is 6. The van der Waals surface area contributed by atoms with E-state index in [0.29, 0.717) is 11.9 Å². The van der Waals surface area contributed by atoms with E-state index in [0.717, 1.165) is 43.0 Å². The molecule has 1 amide bonds. The lowest BCUT2D eigenvalue weighted by Crippen LogP contribution is -2.40. The van der Waals surface area contributed by atoms with Crippen LogP contribution in [0.4, 0.5) is 0 Å². The Bertz CT molecular complexity index is 905. The van der Waals surface area contributed by atoms with Crippen molar-refractivity contribution in [3.8, 4) is 11.4 Å². The maximum Gasteiger partial charge on any atom is 0.289 e. The van der Waals surface area contributed by atoms with Gasteiger partial charge in [-0.05, 0) is 31.9 Å². The SMILES string of the molecule is Cc1cnc(-c2cccnc2)n1C1CCN(C(=O)c2nccn2C)CC1. The van der Waals surface area contributed by atoms with Crippen LogP contribution in [0.25, 0.3) is 11.4 Å². The molecule has 7 heteroatoms. The van der Waals surface area contributed by atoms with Crippen LogP contribution in [0.15, 0.2) is 43.1 Å². The standard InChI is InChI=1S/C19H22N6O/c1-14-12-22-17(15-4-3-7-20-13-15)25(14)16-5-9-24(10-6-16)19(26)18-21-8-11-23(18)2/h3-4,7-8,11-13,16H,5-6,9-10H2,1-2H3. The lowest BCUT2D eigenvalue weighted by Gasteiger charge is -2.33. The first kappa shape index (κ1) is 16.5. The summed E-state index contributed by atoms with van der Waals surface area (Å²) in [5.41, 5.74) is 2.16. The summed E-state index contributed by atoms with van der Waals surface area (Å²) in [5, 5.41) is 0. The largest absolute Gasteiger partial charge is 0.336 e. The van der Waals surface area contributed by atoms with Gasteiger partial charge in [0.15, 0.2) is 5.82 Å². The zero-order valence-electron chi connectivity index (χ0n) is 15.0. The van der Waals surface area contributed by atoms with Crippen LogP contribution in [0.2, 0.25) is 0 Å². The predicted molar refractivity (Wildman–Crippen MR) is 97.6 cm³/mol. The normalized spacial score (nSPS) is 15.4. The van der Waals surface area contributed by atoms with Crippen molar-refractivity contribution in [2.45, 2.75) is 25.8 Å². The molecule has 1 fully saturated rings. The number of carbonyl (C=O) groups excluding carboxylic acids is 1. The van der Waals surface area contributed by atoms with E-state index in [-0.39, 0.29) is 5.91 Å². The van der Waals surface area contributed by atoms with Gasteiger partial charge >= 0.3 is 0 Å². The van der Waals surface area contributed by atoms with Crippen molar-refractivity contribution in [3.05, 3.63) is 54.6 Å². The first-order valence-electron chi connectivity index (χ1n) is 8.86. The number of aryl methyl sites for hydroxylation is 2. The van der Waals surface area contributed by atoms with Crippen LogP contribution in [-0.4, -0.2) is 48.0 Å². The molecule has 1 saturated heterocycles. The van der Waals surface area contributed by atoms with E-state index in [1.165, 1.54) is 0 Å². The van der Waals surface area contributed by atoms with Crippen LogP contribution in [0.5, 0.6) is 0 Å². The molecule has 0 radical (unpaired) electrons. The number of aromatic nitrogens is 5. The third-order valence-corrected chi connectivity index (χ3v) is 5.03. The molecule has 1 aliphatic heterocycles. The molecule has 0 saturated carbocycles. The molecule has 0 atom stereocenters. The second-order valence-electron chi connectivity index (χ2n) is 6.72. The van der Waals surface area contributed by atoms with E-state index in [1.807, 2.05) is 36.5 Å². The Morgan fingerprint density at radius 3 is 2.62 bits per heavy atom. The predicted octanol–water partition coefficient (Wildman–Crippen LogP) is 2.46. The lowest BCUT2D eigenvalue weighted by atomic mass is 10.0. The first-order chi connectivity index (χ1) is 12.6. The van der Waals surface area contributed by atoms with Gasteiger partial charge in [0, 0.05) is 68.4 Å². The highest BCUT2D eigenvalue weighted by Crippen LogP contribution is 2.30. The summed E-state index contributed by atoms with van der Waals surface area (Å²) >= 11 is 0. The zero-order chi connectivity index (χ0) is 18.1. The number of rotatable bonds is 3. The lowest BCUT2D eigenvalue weighted by molar-refractivity contribution is 0.0678. The number of piperidine rings is 1. The molecule has 3 aromatic rings. The number of amides is 1. The van der Waals surface area contributed by atoms with E-state index < -0.39 is 0 Å². The minimum absolute atomic E-state index is 0.00536. The van der Waals surface area contributed by atoms with E-state index in [4.69, 9.17) is 0 Å². The minimum Gasteiger partial charge on any atom is -0.336 e. The van der Waals surface area contributed by atoms with Crippen molar-refractivity contribution >= 4 is 5.91 Å². The fourth-order valence-corrected chi connectivity index (χ4v) is 3.66. The third-order valence-electron chi connectivity index (χ3n) is 5.03. The monoisotopic (exact) mass is 350 g/mol. The molecular formula is C19H22N6O. The van der Waals surface area contributed by atoms with Gasteiger partial charge in [-0.3, -0.25) is 9.78 Å². The number of hydrogen-bond donors (Lipinski definition) is 0. The number of hydrogen-bond acceptors (Lipinski definition) is 4. The summed E-state index contributed by atoms with van der Waals surface area (Å²) in [7, 11) is 1.85. The minimum atomic E-state index is 0.00536. The second kappa shape index (κ2) is 6.74. The van der Waals surface area contributed by atoms with Crippen LogP contribution < -0.4 is 0 Å². The van der Waals surface area contributed by atoms with Gasteiger partial charge in [-0.15, -0.1) is 0 Å². The van der Waals surface area contributed by atoms with Gasteiger partial charge < -0.3 is 14.0 Å². The van der Waals surface area contributed by atoms with Crippen molar-refractivity contribution in [1.82, 2.24) is 29.0 Å². The van der Waals surface area contributed by atoms with E-state index >= 15 is 0 Å². The maximum atomic E-state index is 12.6. The van der Waals surface area contributed by atoms with Gasteiger partial charge in [0.1, 0.15) is 5.82 Å². The fraction of sp³-hybridized carbons (Fsp3) is 0.368. The second-order valence-corrected chi connectivity index (χ2v) is 6.72. The van der Waals surface area contributed by atoms with Gasteiger partial charge in [0.25, 0.3) is 5.91 Å². The van der Waals surface area contributed by atoms with Crippen LogP contribution in [0, 0.1) is 6.92 Å². The molecule has 0 N–H and O–H groups in total. The molecular weight excluding hydrogens is 328 g/mol. The highest BCUT2D eigenvalue weighted by atomic mass is 16.2. The van der Waals surface area contributed by atoms with Crippen LogP contribution in [0.1, 0.15) is 35.2 Å². The number of carbonyl (C=O) groups is 1. The smallest absolute Gasteiger partial charge is 0.289 e. The molecule has 0 bridgehead atoms. The zero-order valence-corrected chi connectivity index (χ0v) is 15.0. The number of pyridine rings is 1. The van der Waals surface area contributed by atoms with Crippen molar-refractivity contribution in [2.75, 3.05) is 13.1 Å². The summed E-state index contributed by atoms with van der Waals surface area (Å²) in [6, 6.07) is 4.29. The molecule has 4 rings (SSSR count). The molecule has 134 valence electrons. The highest BCUT2D eigenvalue weighted by molar-refractivity contribution is 5.90. The third kappa shape index (κ3) is 2.89. The Hall–Kier alpha value is -2.96. The average Bonchev–Trinajstić information content (AvgIpc) is 3.27. The molecule has 0 aromatic carbocycles. The van der Waals surface area contributed by atoms with Gasteiger partial charge in [0.2, 0.25) is 0 Å². The quantitative estimate of drug-likeness (QED) is 0.728. The summed E-state index contributed by atoms with van der Waals surface area (Å²) in [5.74, 6) is 1.45. The summed E-state index contributed by atoms with van der Waals surface area (Å²) < 4.78 is 4.06. The summed E-state index contributed by atoms with van der Waals surface area (Å²) in [4.78, 5) is 27.5. The molecule has 0 spiro atoms. The molecule has 3 aromatic heterocycles. The van der Waals surface area contributed by atoms with Crippen LogP contribution in [0.3, 0.4) is 0 Å². The molecule has 7 nitrogen and oxygen atoms in total. The van der Waals surface area contributed by atoms with Crippen molar-refractivity contribution in [3.63, 3.8) is 0 Å². The Morgan fingerprint density at radius 2 is 1.96 bits per heavy atom. The van der Waals surface area contributed by atoms with E-state index in [9.17, 15) is 4.79 Å². The first-order valence-corrected chi connectivity index (χ1v) is 8.86. The van der Waals surface area contributed by atoms with Crippen molar-refractivity contribution < 1.29 is 4.79 Å². The number of likely N-dealkylation sites (tertiary alicyclic amines) is 1. The molecule has 0 aliphatic carbocycles. The molecule has 4 heterocycles. The average molecular weight is 350 g/mol. The van der Waals surface area contributed by atoms with Crippen molar-refractivity contribution in [1.29, 1.82) is 0 Å². The van der Waals surface area contributed by atoms with Crippen LogP contribution >= 0.6 is 0 Å². The van der Waals surface area contributed by atoms with E-state index in [1.54, 1.807) is 23.2 Å². The molecule has 0 unspecified atom stereocenters. The maximum absolute atomic E-state index is 12.6. The Balaban J connectivity index is 1.52. The van der Waals surface area contributed by atoms with Gasteiger partial charge in [-0.2, -0.15) is 0 Å². The highest BCUT2D eigenvalue weighted by Gasteiger charge is 2.28. The van der Waals surface area contributed by atoms with Crippen LogP contribution in [-0.2, 0) is 7.05 Å². The molecule has 1 aliphatic rings. The Morgan fingerprint density at radius 1 is 1.15 bits per heavy atom. The van der Waals surface area contributed by atoms with Crippen molar-refractivity contribution in [2.24, 2.45) is 7.05 Å². The summed E-state index contributed by atoms with van der Waals surface area (Å²) in [6.45, 7) is 3.53. The van der Waals surface area contributed by atoms with Gasteiger partial charge in [-0.1, -0.05) is 0 Å². The molecule has 26 heavy (non-hydrogen) atoms. The van der Waals surface area contributed by atoms with Gasteiger partial charge in [0.05, 0.1) is 0 Å². The summed E-state index contributed by atoms with van der Waals surface area (Å²) in [6.07, 6.45) is 10.8. The number of imidazole rings is 2.